The summed E-state index contributed by atoms with van der Waals surface area (Å²) in [6.45, 7) is 2.67. The maximum Gasteiger partial charge on any atom is 0.227 e. The molecule has 5 rings (SSSR count). The van der Waals surface area contributed by atoms with Crippen molar-refractivity contribution in [3.05, 3.63) is 54.6 Å². The van der Waals surface area contributed by atoms with Gasteiger partial charge in [-0.2, -0.15) is 15.1 Å². The zero-order chi connectivity index (χ0) is 22.6. The van der Waals surface area contributed by atoms with Gasteiger partial charge in [0.2, 0.25) is 5.95 Å². The van der Waals surface area contributed by atoms with Gasteiger partial charge in [-0.15, -0.1) is 0 Å². The van der Waals surface area contributed by atoms with Crippen LogP contribution in [0.25, 0.3) is 16.9 Å². The molecule has 0 spiro atoms. The number of aromatic nitrogens is 6. The zero-order valence-electron chi connectivity index (χ0n) is 18.9. The van der Waals surface area contributed by atoms with Crippen molar-refractivity contribution in [1.82, 2.24) is 29.3 Å². The van der Waals surface area contributed by atoms with Crippen LogP contribution in [0.3, 0.4) is 0 Å². The minimum absolute atomic E-state index is 0.0329. The molecule has 33 heavy (non-hydrogen) atoms. The number of nitrogens with one attached hydrogen (secondary N) is 2. The van der Waals surface area contributed by atoms with E-state index in [-0.39, 0.29) is 12.6 Å². The number of benzene rings is 1. The maximum atomic E-state index is 9.64. The molecule has 1 aliphatic rings. The van der Waals surface area contributed by atoms with E-state index in [0.717, 1.165) is 41.7 Å². The van der Waals surface area contributed by atoms with Gasteiger partial charge in [0.1, 0.15) is 0 Å². The van der Waals surface area contributed by atoms with Crippen LogP contribution in [0.5, 0.6) is 0 Å². The summed E-state index contributed by atoms with van der Waals surface area (Å²) in [6.07, 6.45) is 11.2. The van der Waals surface area contributed by atoms with E-state index in [0.29, 0.717) is 24.4 Å². The van der Waals surface area contributed by atoms with Crippen LogP contribution in [0.4, 0.5) is 11.8 Å². The molecule has 3 N–H and O–H groups in total. The molecule has 172 valence electrons. The molecule has 9 nitrogen and oxygen atoms in total. The van der Waals surface area contributed by atoms with Crippen LogP contribution in [-0.2, 0) is 6.54 Å². The van der Waals surface area contributed by atoms with E-state index in [1.165, 1.54) is 12.8 Å². The van der Waals surface area contributed by atoms with Crippen molar-refractivity contribution in [1.29, 1.82) is 0 Å². The first-order valence-electron chi connectivity index (χ1n) is 11.7. The third-order valence-electron chi connectivity index (χ3n) is 6.35. The lowest BCUT2D eigenvalue weighted by Crippen LogP contribution is -2.24. The van der Waals surface area contributed by atoms with Gasteiger partial charge in [-0.1, -0.05) is 31.9 Å². The predicted molar refractivity (Wildman–Crippen MR) is 129 cm³/mol. The van der Waals surface area contributed by atoms with Crippen molar-refractivity contribution in [3.63, 3.8) is 0 Å². The summed E-state index contributed by atoms with van der Waals surface area (Å²) >= 11 is 0. The average molecular weight is 447 g/mol. The van der Waals surface area contributed by atoms with E-state index < -0.39 is 0 Å². The van der Waals surface area contributed by atoms with Gasteiger partial charge in [-0.05, 0) is 43.0 Å². The number of hydrogen-bond donors (Lipinski definition) is 3. The van der Waals surface area contributed by atoms with Gasteiger partial charge in [0.25, 0.3) is 0 Å². The van der Waals surface area contributed by atoms with Crippen LogP contribution < -0.4 is 10.6 Å². The fourth-order valence-electron chi connectivity index (χ4n) is 4.39. The normalized spacial score (nSPS) is 15.2. The molecule has 3 aromatic heterocycles. The lowest BCUT2D eigenvalue weighted by atomic mass is 10.2. The molecule has 1 aliphatic carbocycles. The maximum absolute atomic E-state index is 9.64. The fourth-order valence-corrected chi connectivity index (χ4v) is 4.39. The Morgan fingerprint density at radius 3 is 2.67 bits per heavy atom. The van der Waals surface area contributed by atoms with E-state index >= 15 is 0 Å². The highest BCUT2D eigenvalue weighted by molar-refractivity contribution is 5.84. The highest BCUT2D eigenvalue weighted by Gasteiger charge is 2.22. The van der Waals surface area contributed by atoms with Crippen LogP contribution in [-0.4, -0.2) is 47.1 Å². The molecule has 0 radical (unpaired) electrons. The molecule has 1 atom stereocenters. The molecule has 0 amide bonds. The Hall–Kier alpha value is -3.46. The summed E-state index contributed by atoms with van der Waals surface area (Å²) in [5, 5.41) is 20.7. The Morgan fingerprint density at radius 1 is 1.15 bits per heavy atom. The first-order valence-corrected chi connectivity index (χ1v) is 11.7. The second kappa shape index (κ2) is 9.58. The molecule has 1 saturated carbocycles. The number of hydrogen-bond acceptors (Lipinski definition) is 7. The highest BCUT2D eigenvalue weighted by atomic mass is 16.3. The number of imidazole rings is 1. The molecule has 0 saturated heterocycles. The standard InChI is InChI=1S/C24H30N8O/c1-2-18(15-33)28-24-29-22(21-23(30-24)31(16-26-21)19-6-3-4-7-19)25-14-17-8-10-20(11-9-17)32-13-5-12-27-32/h5,8-13,16,18-19,33H,2-4,6-7,14-15H2,1H3,(H2,25,28,29,30). The second-order valence-corrected chi connectivity index (χ2v) is 8.56. The van der Waals surface area contributed by atoms with Crippen LogP contribution in [0.1, 0.15) is 50.6 Å². The quantitative estimate of drug-likeness (QED) is 0.358. The number of anilines is 2. The number of aliphatic hydroxyl groups excluding tert-OH is 1. The van der Waals surface area contributed by atoms with Gasteiger partial charge in [-0.25, -0.2) is 9.67 Å². The van der Waals surface area contributed by atoms with E-state index in [1.807, 2.05) is 30.2 Å². The summed E-state index contributed by atoms with van der Waals surface area (Å²) in [5.41, 5.74) is 3.76. The molecule has 1 aromatic carbocycles. The number of nitrogens with zero attached hydrogens (tertiary/aromatic N) is 6. The lowest BCUT2D eigenvalue weighted by Gasteiger charge is -2.17. The first-order chi connectivity index (χ1) is 16.2. The smallest absolute Gasteiger partial charge is 0.227 e. The van der Waals surface area contributed by atoms with E-state index in [1.54, 1.807) is 6.20 Å². The minimum atomic E-state index is -0.0898. The van der Waals surface area contributed by atoms with Gasteiger partial charge < -0.3 is 20.3 Å². The molecule has 0 aliphatic heterocycles. The van der Waals surface area contributed by atoms with Crippen molar-refractivity contribution in [2.45, 2.75) is 57.7 Å². The Kier molecular flexibility index (Phi) is 6.21. The summed E-state index contributed by atoms with van der Waals surface area (Å²) < 4.78 is 4.03. The van der Waals surface area contributed by atoms with Crippen molar-refractivity contribution in [2.24, 2.45) is 0 Å². The Labute approximate surface area is 192 Å². The number of aliphatic hydroxyl groups is 1. The predicted octanol–water partition coefficient (Wildman–Crippen LogP) is 3.92. The minimum Gasteiger partial charge on any atom is -0.394 e. The largest absolute Gasteiger partial charge is 0.394 e. The molecule has 1 unspecified atom stereocenters. The van der Waals surface area contributed by atoms with Crippen LogP contribution in [0.15, 0.2) is 49.1 Å². The third-order valence-corrected chi connectivity index (χ3v) is 6.35. The molecular formula is C24H30N8O. The van der Waals surface area contributed by atoms with Gasteiger partial charge in [-0.3, -0.25) is 0 Å². The van der Waals surface area contributed by atoms with Crippen molar-refractivity contribution < 1.29 is 5.11 Å². The van der Waals surface area contributed by atoms with Crippen LogP contribution >= 0.6 is 0 Å². The SMILES string of the molecule is CCC(CO)Nc1nc(NCc2ccc(-n3cccn3)cc2)c2ncn(C3CCCC3)c2n1. The second-order valence-electron chi connectivity index (χ2n) is 8.56. The average Bonchev–Trinajstić information content (AvgIpc) is 3.62. The van der Waals surface area contributed by atoms with Crippen LogP contribution in [0, 0.1) is 0 Å². The van der Waals surface area contributed by atoms with Gasteiger partial charge in [0, 0.05) is 25.0 Å². The lowest BCUT2D eigenvalue weighted by molar-refractivity contribution is 0.271. The third kappa shape index (κ3) is 4.54. The molecular weight excluding hydrogens is 416 g/mol. The summed E-state index contributed by atoms with van der Waals surface area (Å²) in [4.78, 5) is 14.2. The van der Waals surface area contributed by atoms with Crippen molar-refractivity contribution in [2.75, 3.05) is 17.2 Å². The van der Waals surface area contributed by atoms with E-state index in [9.17, 15) is 5.11 Å². The Morgan fingerprint density at radius 2 is 1.97 bits per heavy atom. The highest BCUT2D eigenvalue weighted by Crippen LogP contribution is 2.33. The molecule has 4 aromatic rings. The fraction of sp³-hybridized carbons (Fsp3) is 0.417. The zero-order valence-corrected chi connectivity index (χ0v) is 18.9. The Bertz CT molecular complexity index is 1180. The number of rotatable bonds is 9. The van der Waals surface area contributed by atoms with E-state index in [4.69, 9.17) is 9.97 Å². The van der Waals surface area contributed by atoms with Gasteiger partial charge in [0.05, 0.1) is 24.7 Å². The van der Waals surface area contributed by atoms with Crippen molar-refractivity contribution in [3.8, 4) is 5.69 Å². The Balaban J connectivity index is 1.41. The first kappa shape index (κ1) is 21.4. The molecule has 1 fully saturated rings. The van der Waals surface area contributed by atoms with E-state index in [2.05, 4.69) is 49.5 Å². The summed E-state index contributed by atoms with van der Waals surface area (Å²) in [7, 11) is 0. The van der Waals surface area contributed by atoms with Gasteiger partial charge in [0.15, 0.2) is 17.0 Å². The number of fused-ring (bicyclic) bond motifs is 1. The summed E-state index contributed by atoms with van der Waals surface area (Å²) in [5.74, 6) is 1.21. The van der Waals surface area contributed by atoms with Crippen LogP contribution in [0.2, 0.25) is 0 Å². The molecule has 0 bridgehead atoms. The monoisotopic (exact) mass is 446 g/mol. The molecule has 3 heterocycles. The summed E-state index contributed by atoms with van der Waals surface area (Å²) in [6, 6.07) is 10.5. The molecule has 9 heteroatoms. The van der Waals surface area contributed by atoms with Gasteiger partial charge >= 0.3 is 0 Å². The van der Waals surface area contributed by atoms with Crippen molar-refractivity contribution >= 4 is 22.9 Å². The topological polar surface area (TPSA) is 106 Å².